The Morgan fingerprint density at radius 2 is 1.83 bits per heavy atom. The van der Waals surface area contributed by atoms with Crippen LogP contribution in [0.5, 0.6) is 5.75 Å². The Morgan fingerprint density at radius 3 is 2.48 bits per heavy atom. The van der Waals surface area contributed by atoms with Gasteiger partial charge in [0.1, 0.15) is 12.4 Å². The van der Waals surface area contributed by atoms with E-state index in [1.165, 1.54) is 36.0 Å². The third kappa shape index (κ3) is 5.40. The normalized spacial score (nSPS) is 12.1. The molecule has 2 nitrogen and oxygen atoms in total. The minimum atomic E-state index is 0.616. The summed E-state index contributed by atoms with van der Waals surface area (Å²) in [6.45, 7) is 5.83. The highest BCUT2D eigenvalue weighted by Crippen LogP contribution is 2.31. The van der Waals surface area contributed by atoms with E-state index in [-0.39, 0.29) is 0 Å². The molecular formula is C21H29NO. The Balaban J connectivity index is 2.03. The number of hydrogen-bond donors (Lipinski definition) is 1. The molecule has 2 heteroatoms. The molecule has 0 saturated heterocycles. The van der Waals surface area contributed by atoms with Crippen LogP contribution in [0.25, 0.3) is 0 Å². The zero-order chi connectivity index (χ0) is 16.5. The molecule has 124 valence electrons. The fourth-order valence-corrected chi connectivity index (χ4v) is 3.10. The lowest BCUT2D eigenvalue weighted by Gasteiger charge is -2.19. The van der Waals surface area contributed by atoms with E-state index in [0.29, 0.717) is 12.5 Å². The highest BCUT2D eigenvalue weighted by molar-refractivity contribution is 5.37. The first-order chi connectivity index (χ1) is 11.2. The number of nitrogens with two attached hydrogens (primary N) is 1. The van der Waals surface area contributed by atoms with Crippen LogP contribution in [0.3, 0.4) is 0 Å². The van der Waals surface area contributed by atoms with Crippen molar-refractivity contribution < 1.29 is 4.74 Å². The molecule has 0 aromatic heterocycles. The molecule has 0 bridgehead atoms. The summed E-state index contributed by atoms with van der Waals surface area (Å²) in [5, 5.41) is 0. The fraction of sp³-hybridized carbons (Fsp3) is 0.429. The van der Waals surface area contributed by atoms with Crippen molar-refractivity contribution in [2.24, 2.45) is 5.73 Å². The van der Waals surface area contributed by atoms with Gasteiger partial charge in [0.25, 0.3) is 0 Å². The summed E-state index contributed by atoms with van der Waals surface area (Å²) in [6, 6.07) is 16.8. The van der Waals surface area contributed by atoms with E-state index in [2.05, 4.69) is 44.2 Å². The average Bonchev–Trinajstić information content (AvgIpc) is 2.58. The van der Waals surface area contributed by atoms with E-state index in [1.807, 2.05) is 18.2 Å². The molecule has 2 N–H and O–H groups in total. The van der Waals surface area contributed by atoms with Crippen LogP contribution < -0.4 is 10.5 Å². The van der Waals surface area contributed by atoms with E-state index in [0.717, 1.165) is 18.7 Å². The van der Waals surface area contributed by atoms with Crippen LogP contribution in [0, 0.1) is 6.92 Å². The maximum Gasteiger partial charge on any atom is 0.120 e. The van der Waals surface area contributed by atoms with Gasteiger partial charge in [0.2, 0.25) is 0 Å². The molecule has 0 radical (unpaired) electrons. The second-order valence-corrected chi connectivity index (χ2v) is 6.21. The van der Waals surface area contributed by atoms with Gasteiger partial charge in [-0.05, 0) is 67.5 Å². The third-order valence-electron chi connectivity index (χ3n) is 4.32. The lowest BCUT2D eigenvalue weighted by Crippen LogP contribution is -2.06. The van der Waals surface area contributed by atoms with Gasteiger partial charge in [0.15, 0.2) is 0 Å². The van der Waals surface area contributed by atoms with Crippen LogP contribution in [-0.2, 0) is 6.61 Å². The van der Waals surface area contributed by atoms with Crippen LogP contribution in [-0.4, -0.2) is 6.54 Å². The Labute approximate surface area is 140 Å². The number of aryl methyl sites for hydroxylation is 1. The van der Waals surface area contributed by atoms with Crippen LogP contribution in [0.15, 0.2) is 48.5 Å². The van der Waals surface area contributed by atoms with Gasteiger partial charge in [-0.25, -0.2) is 0 Å². The smallest absolute Gasteiger partial charge is 0.120 e. The molecule has 0 heterocycles. The molecule has 2 rings (SSSR count). The van der Waals surface area contributed by atoms with Crippen molar-refractivity contribution in [1.82, 2.24) is 0 Å². The molecule has 0 aliphatic heterocycles. The molecule has 1 atom stereocenters. The molecule has 1 unspecified atom stereocenters. The first-order valence-electron chi connectivity index (χ1n) is 8.72. The predicted molar refractivity (Wildman–Crippen MR) is 97.9 cm³/mol. The molecule has 0 amide bonds. The number of ether oxygens (including phenoxy) is 1. The van der Waals surface area contributed by atoms with Crippen molar-refractivity contribution in [2.75, 3.05) is 6.54 Å². The molecule has 2 aromatic rings. The largest absolute Gasteiger partial charge is 0.489 e. The van der Waals surface area contributed by atoms with Gasteiger partial charge in [-0.3, -0.25) is 0 Å². The molecule has 0 aliphatic rings. The molecule has 0 aliphatic carbocycles. The van der Waals surface area contributed by atoms with E-state index >= 15 is 0 Å². The lowest BCUT2D eigenvalue weighted by atomic mass is 9.87. The van der Waals surface area contributed by atoms with Crippen molar-refractivity contribution in [3.8, 4) is 5.75 Å². The van der Waals surface area contributed by atoms with E-state index in [1.54, 1.807) is 0 Å². The summed E-state index contributed by atoms with van der Waals surface area (Å²) < 4.78 is 5.93. The summed E-state index contributed by atoms with van der Waals surface area (Å²) in [5.74, 6) is 1.57. The molecular weight excluding hydrogens is 282 g/mol. The summed E-state index contributed by atoms with van der Waals surface area (Å²) in [7, 11) is 0. The van der Waals surface area contributed by atoms with E-state index in [9.17, 15) is 0 Å². The zero-order valence-electron chi connectivity index (χ0n) is 14.4. The van der Waals surface area contributed by atoms with Gasteiger partial charge in [-0.2, -0.15) is 0 Å². The Hall–Kier alpha value is -1.80. The fourth-order valence-electron chi connectivity index (χ4n) is 3.10. The second-order valence-electron chi connectivity index (χ2n) is 6.21. The highest BCUT2D eigenvalue weighted by atomic mass is 16.5. The SMILES string of the molecule is CCCC(CCCN)c1ccc(OCc2ccccc2)cc1C. The van der Waals surface area contributed by atoms with E-state index in [4.69, 9.17) is 10.5 Å². The highest BCUT2D eigenvalue weighted by Gasteiger charge is 2.13. The number of hydrogen-bond acceptors (Lipinski definition) is 2. The Kier molecular flexibility index (Phi) is 7.15. The van der Waals surface area contributed by atoms with Gasteiger partial charge >= 0.3 is 0 Å². The van der Waals surface area contributed by atoms with Crippen LogP contribution in [0.4, 0.5) is 0 Å². The van der Waals surface area contributed by atoms with Gasteiger partial charge < -0.3 is 10.5 Å². The molecule has 0 fully saturated rings. The summed E-state index contributed by atoms with van der Waals surface area (Å²) in [5.41, 5.74) is 9.66. The van der Waals surface area contributed by atoms with Gasteiger partial charge in [0.05, 0.1) is 0 Å². The first-order valence-corrected chi connectivity index (χ1v) is 8.72. The topological polar surface area (TPSA) is 35.2 Å². The Bertz CT molecular complexity index is 580. The third-order valence-corrected chi connectivity index (χ3v) is 4.32. The van der Waals surface area contributed by atoms with Crippen molar-refractivity contribution >= 4 is 0 Å². The quantitative estimate of drug-likeness (QED) is 0.691. The van der Waals surface area contributed by atoms with Crippen molar-refractivity contribution in [3.05, 3.63) is 65.2 Å². The molecule has 0 spiro atoms. The zero-order valence-corrected chi connectivity index (χ0v) is 14.4. The van der Waals surface area contributed by atoms with E-state index < -0.39 is 0 Å². The minimum Gasteiger partial charge on any atom is -0.489 e. The molecule has 2 aromatic carbocycles. The van der Waals surface area contributed by atoms with Crippen LogP contribution in [0.2, 0.25) is 0 Å². The van der Waals surface area contributed by atoms with Gasteiger partial charge in [-0.1, -0.05) is 49.7 Å². The summed E-state index contributed by atoms with van der Waals surface area (Å²) in [6.07, 6.45) is 4.71. The second kappa shape index (κ2) is 9.36. The maximum atomic E-state index is 5.93. The first kappa shape index (κ1) is 17.6. The standard InChI is InChI=1S/C21H29NO/c1-3-8-19(11-7-14-22)21-13-12-20(15-17(21)2)23-16-18-9-5-4-6-10-18/h4-6,9-10,12-13,15,19H,3,7-8,11,14,16,22H2,1-2H3. The van der Waals surface area contributed by atoms with Gasteiger partial charge in [0, 0.05) is 0 Å². The predicted octanol–water partition coefficient (Wildman–Crippen LogP) is 5.20. The average molecular weight is 311 g/mol. The number of rotatable bonds is 9. The van der Waals surface area contributed by atoms with Crippen molar-refractivity contribution in [2.45, 2.75) is 52.1 Å². The monoisotopic (exact) mass is 311 g/mol. The van der Waals surface area contributed by atoms with Crippen LogP contribution >= 0.6 is 0 Å². The van der Waals surface area contributed by atoms with Crippen molar-refractivity contribution in [3.63, 3.8) is 0 Å². The molecule has 23 heavy (non-hydrogen) atoms. The van der Waals surface area contributed by atoms with Gasteiger partial charge in [-0.15, -0.1) is 0 Å². The Morgan fingerprint density at radius 1 is 1.04 bits per heavy atom. The lowest BCUT2D eigenvalue weighted by molar-refractivity contribution is 0.306. The van der Waals surface area contributed by atoms with Crippen LogP contribution in [0.1, 0.15) is 55.2 Å². The van der Waals surface area contributed by atoms with Crippen molar-refractivity contribution in [1.29, 1.82) is 0 Å². The summed E-state index contributed by atoms with van der Waals surface area (Å²) >= 11 is 0. The summed E-state index contributed by atoms with van der Waals surface area (Å²) in [4.78, 5) is 0. The maximum absolute atomic E-state index is 5.93. The minimum absolute atomic E-state index is 0.616. The number of benzene rings is 2. The molecule has 0 saturated carbocycles.